The van der Waals surface area contributed by atoms with Crippen LogP contribution in [0, 0.1) is 0 Å². The van der Waals surface area contributed by atoms with Gasteiger partial charge in [-0.3, -0.25) is 0 Å². The van der Waals surface area contributed by atoms with E-state index in [2.05, 4.69) is 0 Å². The Kier molecular flexibility index (Phi) is 4.41. The van der Waals surface area contributed by atoms with E-state index in [0.29, 0.717) is 6.61 Å². The Labute approximate surface area is 83.0 Å². The lowest BCUT2D eigenvalue weighted by atomic mass is 10.2. The second kappa shape index (κ2) is 5.91. The minimum Gasteiger partial charge on any atom is -0.459 e. The average molecular weight is 193 g/mol. The highest BCUT2D eigenvalue weighted by atomic mass is 16.5. The summed E-state index contributed by atoms with van der Waals surface area (Å²) >= 11 is 0. The molecule has 14 heavy (non-hydrogen) atoms. The van der Waals surface area contributed by atoms with E-state index >= 15 is 0 Å². The zero-order chi connectivity index (χ0) is 10.2. The van der Waals surface area contributed by atoms with E-state index in [9.17, 15) is 4.79 Å². The molecule has 0 bridgehead atoms. The lowest BCUT2D eigenvalue weighted by molar-refractivity contribution is -0.265. The van der Waals surface area contributed by atoms with E-state index < -0.39 is 0 Å². The van der Waals surface area contributed by atoms with Gasteiger partial charge in [0.05, 0.1) is 12.2 Å². The molecule has 74 valence electrons. The van der Waals surface area contributed by atoms with E-state index in [1.54, 1.807) is 6.92 Å². The van der Waals surface area contributed by atoms with Crippen molar-refractivity contribution in [2.75, 3.05) is 13.2 Å². The van der Waals surface area contributed by atoms with Crippen LogP contribution in [0.25, 0.3) is 0 Å². The molecule has 0 unspecified atom stereocenters. The Morgan fingerprint density at radius 1 is 1.43 bits per heavy atom. The van der Waals surface area contributed by atoms with Crippen molar-refractivity contribution >= 4 is 12.3 Å². The largest absolute Gasteiger partial charge is 0.459 e. The van der Waals surface area contributed by atoms with Crippen molar-refractivity contribution in [1.29, 1.82) is 0 Å². The van der Waals surface area contributed by atoms with Crippen molar-refractivity contribution in [3.63, 3.8) is 0 Å². The molecule has 0 aliphatic rings. The third-order valence-corrected chi connectivity index (χ3v) is 1.53. The molecular formula is C11H13O3+. The van der Waals surface area contributed by atoms with Crippen LogP contribution in [0.1, 0.15) is 16.9 Å². The molecule has 0 radical (unpaired) electrons. The second-order valence-electron chi connectivity index (χ2n) is 2.64. The fourth-order valence-corrected chi connectivity index (χ4v) is 0.940. The van der Waals surface area contributed by atoms with Gasteiger partial charge in [0, 0.05) is 0 Å². The van der Waals surface area contributed by atoms with Crippen molar-refractivity contribution in [3.05, 3.63) is 35.9 Å². The molecule has 0 amide bonds. The molecule has 1 aromatic rings. The number of hydrogen-bond acceptors (Lipinski definition) is 2. The van der Waals surface area contributed by atoms with Gasteiger partial charge in [0.25, 0.3) is 0 Å². The molecule has 0 N–H and O–H groups in total. The average Bonchev–Trinajstić information content (AvgIpc) is 2.20. The molecule has 0 aromatic heterocycles. The molecule has 3 heteroatoms. The zero-order valence-electron chi connectivity index (χ0n) is 8.10. The Balaban J connectivity index is 2.38. The number of hydrogen-bond donors (Lipinski definition) is 0. The number of carbonyl (C=O) groups excluding carboxylic acids is 2. The van der Waals surface area contributed by atoms with Gasteiger partial charge in [0.2, 0.25) is 0 Å². The maximum Gasteiger partial charge on any atom is 0.404 e. The molecule has 1 rings (SSSR count). The fourth-order valence-electron chi connectivity index (χ4n) is 0.940. The number of esters is 1. The van der Waals surface area contributed by atoms with Crippen LogP contribution in [0.2, 0.25) is 0 Å². The molecule has 0 heterocycles. The molecule has 0 saturated carbocycles. The molecule has 0 atom stereocenters. The smallest absolute Gasteiger partial charge is 0.404 e. The van der Waals surface area contributed by atoms with Crippen LogP contribution in [0.15, 0.2) is 30.3 Å². The van der Waals surface area contributed by atoms with Crippen LogP contribution in [-0.2, 0) is 9.53 Å². The fraction of sp³-hybridized carbons (Fsp3) is 0.273. The predicted molar refractivity (Wildman–Crippen MR) is 53.3 cm³/mol. The van der Waals surface area contributed by atoms with Crippen molar-refractivity contribution in [2.24, 2.45) is 0 Å². The van der Waals surface area contributed by atoms with Gasteiger partial charge in [-0.2, -0.15) is 0 Å². The topological polar surface area (TPSA) is 37.6 Å². The lowest BCUT2D eigenvalue weighted by Crippen LogP contribution is -2.07. The van der Waals surface area contributed by atoms with Gasteiger partial charge >= 0.3 is 18.9 Å². The van der Waals surface area contributed by atoms with E-state index in [1.165, 1.54) is 6.29 Å². The minimum absolute atomic E-state index is 0.0390. The summed E-state index contributed by atoms with van der Waals surface area (Å²) in [7, 11) is 0. The quantitative estimate of drug-likeness (QED) is 0.414. The second-order valence-corrected chi connectivity index (χ2v) is 2.64. The van der Waals surface area contributed by atoms with Crippen molar-refractivity contribution in [3.8, 4) is 0 Å². The van der Waals surface area contributed by atoms with Crippen molar-refractivity contribution in [2.45, 2.75) is 6.92 Å². The summed E-state index contributed by atoms with van der Waals surface area (Å²) in [5, 5.41) is 0. The predicted octanol–water partition coefficient (Wildman–Crippen LogP) is 1.60. The van der Waals surface area contributed by atoms with Crippen LogP contribution in [0.5, 0.6) is 0 Å². The van der Waals surface area contributed by atoms with Crippen LogP contribution in [0.3, 0.4) is 0 Å². The summed E-state index contributed by atoms with van der Waals surface area (Å²) in [5.74, 6) is -0.348. The first-order valence-corrected chi connectivity index (χ1v) is 4.48. The summed E-state index contributed by atoms with van der Waals surface area (Å²) < 4.78 is 9.73. The maximum atomic E-state index is 10.9. The normalized spacial score (nSPS) is 10.4. The van der Waals surface area contributed by atoms with E-state index in [0.717, 1.165) is 5.56 Å². The van der Waals surface area contributed by atoms with Gasteiger partial charge in [-0.05, 0) is 19.1 Å². The number of rotatable bonds is 4. The number of benzene rings is 1. The number of ether oxygens (including phenoxy) is 1. The van der Waals surface area contributed by atoms with Gasteiger partial charge in [-0.1, -0.05) is 18.2 Å². The molecule has 1 aromatic carbocycles. The van der Waals surface area contributed by atoms with Crippen LogP contribution in [0.4, 0.5) is 0 Å². The number of carbonyl (C=O) groups is 1. The monoisotopic (exact) mass is 193 g/mol. The summed E-state index contributed by atoms with van der Waals surface area (Å²) in [6.07, 6.45) is 1.54. The van der Waals surface area contributed by atoms with E-state index in [1.807, 2.05) is 30.3 Å². The van der Waals surface area contributed by atoms with Crippen LogP contribution in [-0.4, -0.2) is 25.5 Å². The first kappa shape index (κ1) is 10.4. The summed E-state index contributed by atoms with van der Waals surface area (Å²) in [6.45, 7) is 2.11. The highest BCUT2D eigenvalue weighted by molar-refractivity contribution is 5.76. The Bertz CT molecular complexity index is 304. The summed E-state index contributed by atoms with van der Waals surface area (Å²) in [6, 6.07) is 9.51. The van der Waals surface area contributed by atoms with Gasteiger partial charge in [-0.15, -0.1) is 0 Å². The van der Waals surface area contributed by atoms with Gasteiger partial charge in [-0.25, -0.2) is 9.22 Å². The number of aldehydes is 1. The first-order chi connectivity index (χ1) is 6.83. The third kappa shape index (κ3) is 3.85. The van der Waals surface area contributed by atoms with Crippen molar-refractivity contribution in [1.82, 2.24) is 0 Å². The molecule has 3 nitrogen and oxygen atoms in total. The van der Waals surface area contributed by atoms with Crippen molar-refractivity contribution < 1.29 is 14.0 Å². The van der Waals surface area contributed by atoms with E-state index in [-0.39, 0.29) is 12.6 Å². The third-order valence-electron chi connectivity index (χ3n) is 1.53. The minimum atomic E-state index is -0.348. The maximum absolute atomic E-state index is 10.9. The zero-order valence-corrected chi connectivity index (χ0v) is 8.10. The van der Waals surface area contributed by atoms with Gasteiger partial charge in [0.15, 0.2) is 0 Å². The lowest BCUT2D eigenvalue weighted by Gasteiger charge is -1.90. The van der Waals surface area contributed by atoms with Crippen LogP contribution >= 0.6 is 0 Å². The summed E-state index contributed by atoms with van der Waals surface area (Å²) in [4.78, 5) is 10.9. The molecule has 0 aliphatic heterocycles. The van der Waals surface area contributed by atoms with Gasteiger partial charge < -0.3 is 4.74 Å². The Hall–Kier alpha value is -1.64. The Morgan fingerprint density at radius 2 is 2.14 bits per heavy atom. The molecule has 0 aliphatic carbocycles. The van der Waals surface area contributed by atoms with Gasteiger partial charge in [0.1, 0.15) is 0 Å². The first-order valence-electron chi connectivity index (χ1n) is 4.48. The molecule has 0 saturated heterocycles. The molecular weight excluding hydrogens is 180 g/mol. The molecule has 0 fully saturated rings. The SMILES string of the molecule is CCOC(=O)C[O+]=Cc1ccccc1. The highest BCUT2D eigenvalue weighted by Crippen LogP contribution is 1.93. The Morgan fingerprint density at radius 3 is 2.79 bits per heavy atom. The summed E-state index contributed by atoms with van der Waals surface area (Å²) in [5.41, 5.74) is 0.928. The van der Waals surface area contributed by atoms with E-state index in [4.69, 9.17) is 9.16 Å². The molecule has 0 spiro atoms. The highest BCUT2D eigenvalue weighted by Gasteiger charge is 2.06. The standard InChI is InChI=1S/C11H13O3/c1-2-14-11(12)9-13-8-10-6-4-3-5-7-10/h3-8H,2,9H2,1H3/q+1. The van der Waals surface area contributed by atoms with Crippen LogP contribution < -0.4 is 0 Å².